The molecule has 0 bridgehead atoms. The van der Waals surface area contributed by atoms with Gasteiger partial charge in [-0.2, -0.15) is 0 Å². The van der Waals surface area contributed by atoms with Crippen LogP contribution in [0.3, 0.4) is 0 Å². The molecule has 0 aliphatic rings. The van der Waals surface area contributed by atoms with Crippen molar-refractivity contribution in [3.63, 3.8) is 0 Å². The third-order valence-electron chi connectivity index (χ3n) is 7.03. The number of hydrogen-bond donors (Lipinski definition) is 0. The Morgan fingerprint density at radius 3 is 1.20 bits per heavy atom. The van der Waals surface area contributed by atoms with Crippen molar-refractivity contribution in [2.45, 2.75) is 165 Å². The Labute approximate surface area is 230 Å². The summed E-state index contributed by atoms with van der Waals surface area (Å²) in [6.45, 7) is 8.77. The van der Waals surface area contributed by atoms with Crippen molar-refractivity contribution in [1.29, 1.82) is 0 Å². The lowest BCUT2D eigenvalue weighted by molar-refractivity contribution is 0.563. The monoisotopic (exact) mass is 519 g/mol. The highest BCUT2D eigenvalue weighted by molar-refractivity contribution is 8.00. The van der Waals surface area contributed by atoms with E-state index >= 15 is 0 Å². The lowest BCUT2D eigenvalue weighted by Crippen LogP contribution is -1.94. The van der Waals surface area contributed by atoms with Crippen LogP contribution in [-0.4, -0.2) is 11.5 Å². The van der Waals surface area contributed by atoms with Gasteiger partial charge in [-0.15, -0.1) is 23.5 Å². The molecule has 0 saturated carbocycles. The molecule has 0 aromatic heterocycles. The second-order valence-corrected chi connectivity index (χ2v) is 12.7. The Kier molecular flexibility index (Phi) is 24.1. The predicted octanol–water partition coefficient (Wildman–Crippen LogP) is 12.5. The Morgan fingerprint density at radius 1 is 0.514 bits per heavy atom. The van der Waals surface area contributed by atoms with Gasteiger partial charge < -0.3 is 0 Å². The molecule has 0 spiro atoms. The molecule has 0 atom stereocenters. The van der Waals surface area contributed by atoms with Gasteiger partial charge in [-0.3, -0.25) is 0 Å². The molecule has 0 fully saturated rings. The van der Waals surface area contributed by atoms with Gasteiger partial charge in [0.2, 0.25) is 0 Å². The first-order chi connectivity index (χ1) is 17.3. The molecule has 0 unspecified atom stereocenters. The van der Waals surface area contributed by atoms with E-state index in [1.807, 2.05) is 0 Å². The van der Waals surface area contributed by atoms with Gasteiger partial charge in [0.25, 0.3) is 0 Å². The third kappa shape index (κ3) is 18.8. The third-order valence-corrected chi connectivity index (χ3v) is 9.40. The molecule has 0 aliphatic heterocycles. The van der Waals surface area contributed by atoms with Crippen LogP contribution in [0.4, 0.5) is 0 Å². The van der Waals surface area contributed by atoms with Gasteiger partial charge >= 0.3 is 0 Å². The number of benzene rings is 1. The molecule has 35 heavy (non-hydrogen) atoms. The summed E-state index contributed by atoms with van der Waals surface area (Å²) in [5.41, 5.74) is 1.58. The molecular weight excluding hydrogens is 460 g/mol. The van der Waals surface area contributed by atoms with Crippen LogP contribution in [0, 0.1) is 6.92 Å². The number of rotatable bonds is 26. The summed E-state index contributed by atoms with van der Waals surface area (Å²) in [6, 6.07) is 7.00. The zero-order chi connectivity index (χ0) is 25.2. The van der Waals surface area contributed by atoms with Crippen molar-refractivity contribution in [1.82, 2.24) is 0 Å². The van der Waals surface area contributed by atoms with Gasteiger partial charge in [0, 0.05) is 9.79 Å². The normalized spacial score (nSPS) is 11.4. The summed E-state index contributed by atoms with van der Waals surface area (Å²) < 4.78 is 0. The summed E-state index contributed by atoms with van der Waals surface area (Å²) >= 11 is 4.19. The van der Waals surface area contributed by atoms with Gasteiger partial charge in [0.1, 0.15) is 0 Å². The van der Waals surface area contributed by atoms with Crippen LogP contribution >= 0.6 is 23.5 Å². The fourth-order valence-corrected chi connectivity index (χ4v) is 7.11. The van der Waals surface area contributed by atoms with Crippen LogP contribution in [0.15, 0.2) is 28.0 Å². The van der Waals surface area contributed by atoms with Gasteiger partial charge in [-0.05, 0) is 54.9 Å². The average Bonchev–Trinajstić information content (AvgIpc) is 2.87. The van der Waals surface area contributed by atoms with Gasteiger partial charge in [-0.1, -0.05) is 142 Å². The maximum absolute atomic E-state index is 4.17. The first-order valence-corrected chi connectivity index (χ1v) is 17.5. The molecular formula is C33H59S2. The zero-order valence-electron chi connectivity index (χ0n) is 23.7. The lowest BCUT2D eigenvalue weighted by Gasteiger charge is -2.14. The van der Waals surface area contributed by atoms with E-state index in [2.05, 4.69) is 62.5 Å². The molecule has 1 aromatic rings. The summed E-state index contributed by atoms with van der Waals surface area (Å²) in [5.74, 6) is 2.54. The molecule has 0 N–H and O–H groups in total. The van der Waals surface area contributed by atoms with Crippen molar-refractivity contribution in [2.24, 2.45) is 0 Å². The first kappa shape index (κ1) is 32.9. The standard InChI is InChI=1S/C33H59S2/c1-4-7-9-11-13-15-17-19-21-23-29-34-32-27-25-28-33(31(32)26-6-3)35-30-24-22-20-18-16-14-12-10-8-5-2/h25,27-28H,3-24,26,29-30H2,1-2H3. The van der Waals surface area contributed by atoms with Crippen LogP contribution in [0.2, 0.25) is 0 Å². The minimum absolute atomic E-state index is 1.00. The van der Waals surface area contributed by atoms with E-state index in [-0.39, 0.29) is 0 Å². The smallest absolute Gasteiger partial charge is 0.0115 e. The van der Waals surface area contributed by atoms with E-state index in [4.69, 9.17) is 0 Å². The fourth-order valence-electron chi connectivity index (χ4n) is 4.78. The quantitative estimate of drug-likeness (QED) is 0.0881. The molecule has 0 aliphatic carbocycles. The van der Waals surface area contributed by atoms with E-state index in [0.717, 1.165) is 12.8 Å². The maximum atomic E-state index is 4.17. The van der Waals surface area contributed by atoms with E-state index in [1.165, 1.54) is 150 Å². The van der Waals surface area contributed by atoms with E-state index in [1.54, 1.807) is 5.56 Å². The molecule has 0 heterocycles. The van der Waals surface area contributed by atoms with Crippen LogP contribution in [0.25, 0.3) is 0 Å². The summed E-state index contributed by atoms with van der Waals surface area (Å²) in [6.07, 6.45) is 30.5. The molecule has 1 rings (SSSR count). The highest BCUT2D eigenvalue weighted by Gasteiger charge is 2.09. The van der Waals surface area contributed by atoms with Gasteiger partial charge in [0.15, 0.2) is 0 Å². The highest BCUT2D eigenvalue weighted by atomic mass is 32.2. The van der Waals surface area contributed by atoms with Gasteiger partial charge in [-0.25, -0.2) is 0 Å². The summed E-state index contributed by atoms with van der Waals surface area (Å²) in [7, 11) is 0. The Bertz CT molecular complexity index is 524. The molecule has 0 nitrogen and oxygen atoms in total. The van der Waals surface area contributed by atoms with E-state index in [9.17, 15) is 0 Å². The van der Waals surface area contributed by atoms with Crippen molar-refractivity contribution in [2.75, 3.05) is 11.5 Å². The van der Waals surface area contributed by atoms with Crippen molar-refractivity contribution in [3.05, 3.63) is 30.7 Å². The van der Waals surface area contributed by atoms with Crippen molar-refractivity contribution < 1.29 is 0 Å². The molecule has 0 saturated heterocycles. The zero-order valence-corrected chi connectivity index (χ0v) is 25.4. The second-order valence-electron chi connectivity index (χ2n) is 10.4. The van der Waals surface area contributed by atoms with E-state index in [0.29, 0.717) is 0 Å². The van der Waals surface area contributed by atoms with Gasteiger partial charge in [0.05, 0.1) is 0 Å². The van der Waals surface area contributed by atoms with Crippen LogP contribution in [0.1, 0.15) is 154 Å². The largest absolute Gasteiger partial charge is 0.126 e. The molecule has 203 valence electrons. The number of thioether (sulfide) groups is 2. The lowest BCUT2D eigenvalue weighted by atomic mass is 10.1. The Balaban J connectivity index is 2.18. The number of unbranched alkanes of at least 4 members (excludes halogenated alkanes) is 18. The van der Waals surface area contributed by atoms with Crippen LogP contribution in [0.5, 0.6) is 0 Å². The van der Waals surface area contributed by atoms with Crippen LogP contribution in [-0.2, 0) is 6.42 Å². The molecule has 1 aromatic carbocycles. The topological polar surface area (TPSA) is 0 Å². The molecule has 0 amide bonds. The summed E-state index contributed by atoms with van der Waals surface area (Å²) in [4.78, 5) is 3.05. The molecule has 1 radical (unpaired) electrons. The number of hydrogen-bond acceptors (Lipinski definition) is 2. The predicted molar refractivity (Wildman–Crippen MR) is 165 cm³/mol. The summed E-state index contributed by atoms with van der Waals surface area (Å²) in [5, 5.41) is 0. The molecule has 2 heteroatoms. The Morgan fingerprint density at radius 2 is 0.857 bits per heavy atom. The Hall–Kier alpha value is -0.0800. The van der Waals surface area contributed by atoms with E-state index < -0.39 is 0 Å². The van der Waals surface area contributed by atoms with Crippen LogP contribution < -0.4 is 0 Å². The highest BCUT2D eigenvalue weighted by Crippen LogP contribution is 2.33. The van der Waals surface area contributed by atoms with Crippen molar-refractivity contribution in [3.8, 4) is 0 Å². The minimum atomic E-state index is 1.00. The fraction of sp³-hybridized carbons (Fsp3) is 0.788. The average molecular weight is 520 g/mol. The maximum Gasteiger partial charge on any atom is 0.0115 e. The second kappa shape index (κ2) is 25.6. The first-order valence-electron chi connectivity index (χ1n) is 15.5. The SMILES string of the molecule is [CH2]CCc1c(SCCCCCCCCCCCC)cccc1SCCCCCCCCCCCC. The van der Waals surface area contributed by atoms with Crippen molar-refractivity contribution >= 4 is 23.5 Å². The minimum Gasteiger partial charge on any atom is -0.126 e.